The van der Waals surface area contributed by atoms with Crippen LogP contribution < -0.4 is 5.32 Å². The summed E-state index contributed by atoms with van der Waals surface area (Å²) in [6, 6.07) is 16.9. The van der Waals surface area contributed by atoms with Gasteiger partial charge in [-0.05, 0) is 37.1 Å². The minimum absolute atomic E-state index is 0.0547. The Morgan fingerprint density at radius 1 is 0.967 bits per heavy atom. The third-order valence-corrected chi connectivity index (χ3v) is 4.78. The van der Waals surface area contributed by atoms with Crippen LogP contribution in [0.25, 0.3) is 11.1 Å². The molecule has 2 atom stereocenters. The fourth-order valence-electron chi connectivity index (χ4n) is 3.37. The molecule has 0 saturated carbocycles. The summed E-state index contributed by atoms with van der Waals surface area (Å²) in [5.74, 6) is -1.31. The van der Waals surface area contributed by atoms with Gasteiger partial charge in [-0.3, -0.25) is 14.4 Å². The van der Waals surface area contributed by atoms with E-state index in [-0.39, 0.29) is 37.2 Å². The van der Waals surface area contributed by atoms with Crippen LogP contribution in [0.4, 0.5) is 0 Å². The maximum absolute atomic E-state index is 12.2. The average Bonchev–Trinajstić information content (AvgIpc) is 2.75. The number of benzene rings is 2. The molecule has 1 saturated heterocycles. The first-order valence-electron chi connectivity index (χ1n) is 9.95. The molecule has 2 aromatic rings. The van der Waals surface area contributed by atoms with Crippen LogP contribution in [0.1, 0.15) is 24.2 Å². The molecule has 3 rings (SSSR count). The van der Waals surface area contributed by atoms with Crippen molar-refractivity contribution in [2.75, 3.05) is 26.2 Å². The number of nitrogens with one attached hydrogen (secondary N) is 1. The highest BCUT2D eigenvalue weighted by molar-refractivity contribution is 5.96. The molecule has 0 spiro atoms. The van der Waals surface area contributed by atoms with Crippen LogP contribution in [0.5, 0.6) is 0 Å². The molecule has 1 aliphatic rings. The molecule has 1 heterocycles. The van der Waals surface area contributed by atoms with Crippen LogP contribution in [0.15, 0.2) is 54.6 Å². The zero-order chi connectivity index (χ0) is 21.5. The highest BCUT2D eigenvalue weighted by Crippen LogP contribution is 2.19. The third kappa shape index (κ3) is 5.90. The number of nitrogens with zero attached hydrogens (tertiary/aromatic N) is 1. The van der Waals surface area contributed by atoms with Gasteiger partial charge in [-0.2, -0.15) is 0 Å². The van der Waals surface area contributed by atoms with Gasteiger partial charge in [-0.1, -0.05) is 42.5 Å². The van der Waals surface area contributed by atoms with Crippen molar-refractivity contribution < 1.29 is 23.9 Å². The van der Waals surface area contributed by atoms with Gasteiger partial charge in [0.15, 0.2) is 6.61 Å². The van der Waals surface area contributed by atoms with Crippen molar-refractivity contribution in [3.8, 4) is 11.1 Å². The summed E-state index contributed by atoms with van der Waals surface area (Å²) in [5.41, 5.74) is 2.49. The molecule has 1 fully saturated rings. The van der Waals surface area contributed by atoms with E-state index in [1.54, 1.807) is 17.0 Å². The number of hydrogen-bond acceptors (Lipinski definition) is 5. The number of ether oxygens (including phenoxy) is 2. The zero-order valence-electron chi connectivity index (χ0n) is 17.2. The van der Waals surface area contributed by atoms with Crippen molar-refractivity contribution in [2.24, 2.45) is 0 Å². The van der Waals surface area contributed by atoms with Gasteiger partial charge in [-0.15, -0.1) is 0 Å². The molecule has 7 nitrogen and oxygen atoms in total. The van der Waals surface area contributed by atoms with E-state index in [4.69, 9.17) is 9.47 Å². The van der Waals surface area contributed by atoms with Crippen molar-refractivity contribution in [1.29, 1.82) is 0 Å². The first-order chi connectivity index (χ1) is 14.4. The van der Waals surface area contributed by atoms with Crippen LogP contribution in [0, 0.1) is 0 Å². The largest absolute Gasteiger partial charge is 0.454 e. The monoisotopic (exact) mass is 410 g/mol. The molecule has 7 heteroatoms. The van der Waals surface area contributed by atoms with Gasteiger partial charge in [0.1, 0.15) is 6.54 Å². The van der Waals surface area contributed by atoms with Crippen molar-refractivity contribution in [2.45, 2.75) is 26.1 Å². The summed E-state index contributed by atoms with van der Waals surface area (Å²) in [5, 5.41) is 2.52. The minimum Gasteiger partial charge on any atom is -0.454 e. The summed E-state index contributed by atoms with van der Waals surface area (Å²) < 4.78 is 10.6. The van der Waals surface area contributed by atoms with Crippen molar-refractivity contribution in [1.82, 2.24) is 10.2 Å². The van der Waals surface area contributed by atoms with E-state index >= 15 is 0 Å². The topological polar surface area (TPSA) is 84.9 Å². The van der Waals surface area contributed by atoms with Gasteiger partial charge in [0, 0.05) is 18.7 Å². The molecule has 2 amide bonds. The standard InChI is InChI=1S/C23H26N2O5/c1-16-13-25(14-17(2)30-16)21(26)15-29-22(27)12-24-23(28)20-10-8-19(9-11-20)18-6-4-3-5-7-18/h3-11,16-17H,12-15H2,1-2H3,(H,24,28)/t16-,17-/m0/s1. The molecule has 0 unspecified atom stereocenters. The van der Waals surface area contributed by atoms with Crippen LogP contribution in [0.3, 0.4) is 0 Å². The molecule has 158 valence electrons. The Balaban J connectivity index is 1.43. The second-order valence-electron chi connectivity index (χ2n) is 7.34. The first-order valence-corrected chi connectivity index (χ1v) is 9.95. The Labute approximate surface area is 176 Å². The Bertz CT molecular complexity index is 872. The number of rotatable bonds is 6. The minimum atomic E-state index is -0.660. The van der Waals surface area contributed by atoms with E-state index < -0.39 is 5.97 Å². The molecule has 0 aliphatic carbocycles. The Morgan fingerprint density at radius 2 is 1.57 bits per heavy atom. The van der Waals surface area contributed by atoms with Gasteiger partial charge in [-0.25, -0.2) is 0 Å². The zero-order valence-corrected chi connectivity index (χ0v) is 17.2. The normalized spacial score (nSPS) is 18.5. The summed E-state index contributed by atoms with van der Waals surface area (Å²) in [7, 11) is 0. The molecule has 0 bridgehead atoms. The number of hydrogen-bond donors (Lipinski definition) is 1. The van der Waals surface area contributed by atoms with Gasteiger partial charge < -0.3 is 19.7 Å². The molecule has 2 aromatic carbocycles. The lowest BCUT2D eigenvalue weighted by Gasteiger charge is -2.35. The molecular weight excluding hydrogens is 384 g/mol. The smallest absolute Gasteiger partial charge is 0.325 e. The highest BCUT2D eigenvalue weighted by Gasteiger charge is 2.26. The summed E-state index contributed by atoms with van der Waals surface area (Å²) >= 11 is 0. The Kier molecular flexibility index (Phi) is 7.19. The average molecular weight is 410 g/mol. The predicted molar refractivity (Wildman–Crippen MR) is 112 cm³/mol. The quantitative estimate of drug-likeness (QED) is 0.739. The fourth-order valence-corrected chi connectivity index (χ4v) is 3.37. The van der Waals surface area contributed by atoms with Crippen molar-refractivity contribution in [3.63, 3.8) is 0 Å². The van der Waals surface area contributed by atoms with Gasteiger partial charge in [0.25, 0.3) is 11.8 Å². The SMILES string of the molecule is C[C@H]1CN(C(=O)COC(=O)CNC(=O)c2ccc(-c3ccccc3)cc2)C[C@H](C)O1. The van der Waals surface area contributed by atoms with E-state index in [1.165, 1.54) is 0 Å². The molecular formula is C23H26N2O5. The number of esters is 1. The predicted octanol–water partition coefficient (Wildman–Crippen LogP) is 2.26. The van der Waals surface area contributed by atoms with Crippen molar-refractivity contribution in [3.05, 3.63) is 60.2 Å². The van der Waals surface area contributed by atoms with Gasteiger partial charge in [0.05, 0.1) is 12.2 Å². The molecule has 1 aliphatic heterocycles. The Morgan fingerprint density at radius 3 is 2.20 bits per heavy atom. The number of morpholine rings is 1. The van der Waals surface area contributed by atoms with E-state index in [2.05, 4.69) is 5.32 Å². The van der Waals surface area contributed by atoms with Crippen LogP contribution >= 0.6 is 0 Å². The molecule has 1 N–H and O–H groups in total. The van der Waals surface area contributed by atoms with Gasteiger partial charge in [0.2, 0.25) is 0 Å². The van der Waals surface area contributed by atoms with E-state index in [0.29, 0.717) is 18.7 Å². The molecule has 30 heavy (non-hydrogen) atoms. The maximum atomic E-state index is 12.2. The summed E-state index contributed by atoms with van der Waals surface area (Å²) in [4.78, 5) is 38.0. The fraction of sp³-hybridized carbons (Fsp3) is 0.348. The van der Waals surface area contributed by atoms with Gasteiger partial charge >= 0.3 is 5.97 Å². The van der Waals surface area contributed by atoms with Crippen LogP contribution in [0.2, 0.25) is 0 Å². The lowest BCUT2D eigenvalue weighted by molar-refractivity contribution is -0.156. The number of amides is 2. The maximum Gasteiger partial charge on any atom is 0.325 e. The number of carbonyl (C=O) groups is 3. The second-order valence-corrected chi connectivity index (χ2v) is 7.34. The lowest BCUT2D eigenvalue weighted by Crippen LogP contribution is -2.49. The molecule has 0 radical (unpaired) electrons. The van der Waals surface area contributed by atoms with E-state index in [9.17, 15) is 14.4 Å². The lowest BCUT2D eigenvalue weighted by atomic mass is 10.0. The number of carbonyl (C=O) groups excluding carboxylic acids is 3. The second kappa shape index (κ2) is 10.0. The first kappa shape index (κ1) is 21.5. The summed E-state index contributed by atoms with van der Waals surface area (Å²) in [6.07, 6.45) is -0.109. The van der Waals surface area contributed by atoms with E-state index in [1.807, 2.05) is 56.3 Å². The summed E-state index contributed by atoms with van der Waals surface area (Å²) in [6.45, 7) is 4.07. The Hall–Kier alpha value is -3.19. The van der Waals surface area contributed by atoms with E-state index in [0.717, 1.165) is 11.1 Å². The third-order valence-electron chi connectivity index (χ3n) is 4.78. The van der Waals surface area contributed by atoms with Crippen LogP contribution in [-0.2, 0) is 19.1 Å². The van der Waals surface area contributed by atoms with Crippen LogP contribution in [-0.4, -0.2) is 61.1 Å². The highest BCUT2D eigenvalue weighted by atomic mass is 16.5. The molecule has 0 aromatic heterocycles. The van der Waals surface area contributed by atoms with Crippen molar-refractivity contribution >= 4 is 17.8 Å².